The number of hydrogen-bond donors (Lipinski definition) is 1. The summed E-state index contributed by atoms with van der Waals surface area (Å²) < 4.78 is 23.1. The molecule has 0 saturated carbocycles. The molecule has 0 spiro atoms. The molecule has 0 bridgehead atoms. The maximum absolute atomic E-state index is 13.0. The number of quaternary nitrogens is 1. The number of aliphatic carboxylic acids is 1. The van der Waals surface area contributed by atoms with Crippen molar-refractivity contribution in [3.05, 3.63) is 36.5 Å². The van der Waals surface area contributed by atoms with Crippen molar-refractivity contribution in [2.45, 2.75) is 469 Å². The van der Waals surface area contributed by atoms with Gasteiger partial charge in [-0.3, -0.25) is 9.59 Å². The fraction of sp³-hybridized carbons (Fsp3) is 0.899. The molecule has 0 rings (SSSR count). The van der Waals surface area contributed by atoms with Crippen LogP contribution in [0.15, 0.2) is 36.5 Å². The van der Waals surface area contributed by atoms with Gasteiger partial charge in [0.1, 0.15) is 13.2 Å². The average molecular weight is 1380 g/mol. The van der Waals surface area contributed by atoms with Crippen molar-refractivity contribution >= 4 is 17.9 Å². The molecule has 98 heavy (non-hydrogen) atoms. The second-order valence-electron chi connectivity index (χ2n) is 31.2. The molecule has 0 aromatic heterocycles. The Kier molecular flexibility index (Phi) is 78.2. The third kappa shape index (κ3) is 80.8. The second-order valence-corrected chi connectivity index (χ2v) is 31.2. The smallest absolute Gasteiger partial charge is 0.361 e. The van der Waals surface area contributed by atoms with E-state index in [1.54, 1.807) is 0 Å². The molecule has 9 nitrogen and oxygen atoms in total. The van der Waals surface area contributed by atoms with Gasteiger partial charge in [-0.05, 0) is 51.4 Å². The van der Waals surface area contributed by atoms with Gasteiger partial charge >= 0.3 is 17.9 Å². The van der Waals surface area contributed by atoms with Crippen LogP contribution in [0.4, 0.5) is 0 Å². The van der Waals surface area contributed by atoms with Crippen LogP contribution in [0.25, 0.3) is 0 Å². The predicted molar refractivity (Wildman–Crippen MR) is 424 cm³/mol. The number of ether oxygens (including phenoxy) is 4. The minimum atomic E-state index is -1.51. The summed E-state index contributed by atoms with van der Waals surface area (Å²) in [7, 11) is 6.00. The van der Waals surface area contributed by atoms with Crippen molar-refractivity contribution in [3.8, 4) is 0 Å². The summed E-state index contributed by atoms with van der Waals surface area (Å²) in [6, 6.07) is 0. The van der Waals surface area contributed by atoms with E-state index < -0.39 is 18.4 Å². The van der Waals surface area contributed by atoms with Crippen molar-refractivity contribution in [3.63, 3.8) is 0 Å². The quantitative estimate of drug-likeness (QED) is 0.0211. The molecule has 0 fully saturated rings. The Balaban J connectivity index is 3.91. The number of allylic oxidation sites excluding steroid dienone is 6. The molecule has 0 amide bonds. The topological polar surface area (TPSA) is 108 Å². The Morgan fingerprint density at radius 3 is 0.816 bits per heavy atom. The number of carbonyl (C=O) groups is 3. The van der Waals surface area contributed by atoms with E-state index in [0.717, 1.165) is 51.4 Å². The molecule has 578 valence electrons. The molecule has 0 aromatic carbocycles. The number of carboxylic acids is 1. The predicted octanol–water partition coefficient (Wildman–Crippen LogP) is 28.2. The molecule has 2 unspecified atom stereocenters. The number of carboxylic acid groups (broad SMARTS) is 1. The maximum Gasteiger partial charge on any atom is 0.361 e. The fourth-order valence-corrected chi connectivity index (χ4v) is 13.5. The molecule has 0 aliphatic rings. The van der Waals surface area contributed by atoms with Crippen molar-refractivity contribution in [2.75, 3.05) is 47.5 Å². The van der Waals surface area contributed by atoms with Gasteiger partial charge in [0.2, 0.25) is 0 Å². The Bertz CT molecular complexity index is 1710. The summed E-state index contributed by atoms with van der Waals surface area (Å²) in [5.74, 6) is -1.97. The number of likely N-dealkylation sites (N-methyl/N-ethyl adjacent to an activating group) is 1. The minimum Gasteiger partial charge on any atom is -0.477 e. The molecule has 1 N–H and O–H groups in total. The van der Waals surface area contributed by atoms with Crippen molar-refractivity contribution in [1.29, 1.82) is 0 Å². The van der Waals surface area contributed by atoms with E-state index in [-0.39, 0.29) is 38.2 Å². The third-order valence-electron chi connectivity index (χ3n) is 20.1. The van der Waals surface area contributed by atoms with Gasteiger partial charge in [-0.2, -0.15) is 0 Å². The van der Waals surface area contributed by atoms with Crippen molar-refractivity contribution in [2.24, 2.45) is 0 Å². The molecule has 0 aliphatic carbocycles. The van der Waals surface area contributed by atoms with Crippen LogP contribution in [0.3, 0.4) is 0 Å². The van der Waals surface area contributed by atoms with Crippen LogP contribution in [0, 0.1) is 0 Å². The number of hydrogen-bond acceptors (Lipinski definition) is 7. The van der Waals surface area contributed by atoms with Gasteiger partial charge in [0.15, 0.2) is 6.10 Å². The van der Waals surface area contributed by atoms with Crippen LogP contribution in [-0.2, 0) is 33.3 Å². The van der Waals surface area contributed by atoms with Gasteiger partial charge < -0.3 is 28.5 Å². The summed E-state index contributed by atoms with van der Waals surface area (Å²) >= 11 is 0. The minimum absolute atomic E-state index is 0.175. The van der Waals surface area contributed by atoms with Gasteiger partial charge in [0.25, 0.3) is 6.29 Å². The number of esters is 2. The maximum atomic E-state index is 13.0. The van der Waals surface area contributed by atoms with Crippen LogP contribution in [0.1, 0.15) is 457 Å². The van der Waals surface area contributed by atoms with E-state index >= 15 is 0 Å². The lowest BCUT2D eigenvalue weighted by Gasteiger charge is -2.25. The van der Waals surface area contributed by atoms with Gasteiger partial charge in [0, 0.05) is 12.8 Å². The highest BCUT2D eigenvalue weighted by Gasteiger charge is 2.25. The monoisotopic (exact) mass is 1380 g/mol. The zero-order valence-corrected chi connectivity index (χ0v) is 66.5. The molecular formula is C89H170NO8+. The number of unbranched alkanes of at least 4 members (excludes halogenated alkanes) is 62. The first-order valence-electron chi connectivity index (χ1n) is 43.7. The highest BCUT2D eigenvalue weighted by atomic mass is 16.7. The average Bonchev–Trinajstić information content (AvgIpc) is 1.14. The first kappa shape index (κ1) is 95.5. The van der Waals surface area contributed by atoms with Crippen molar-refractivity contribution < 1.29 is 42.9 Å². The van der Waals surface area contributed by atoms with E-state index in [9.17, 15) is 19.5 Å². The molecule has 0 aromatic rings. The lowest BCUT2D eigenvalue weighted by molar-refractivity contribution is -0.870. The first-order chi connectivity index (χ1) is 48.1. The molecule has 0 saturated heterocycles. The molecule has 0 radical (unpaired) electrons. The number of carbonyl (C=O) groups excluding carboxylic acids is 2. The summed E-state index contributed by atoms with van der Waals surface area (Å²) in [5.41, 5.74) is 0. The molecule has 0 aliphatic heterocycles. The van der Waals surface area contributed by atoms with Crippen LogP contribution < -0.4 is 0 Å². The van der Waals surface area contributed by atoms with Gasteiger partial charge in [0.05, 0.1) is 34.4 Å². The molecule has 9 heteroatoms. The largest absolute Gasteiger partial charge is 0.477 e. The van der Waals surface area contributed by atoms with E-state index in [0.29, 0.717) is 17.4 Å². The Hall–Kier alpha value is -2.49. The molecule has 2 atom stereocenters. The zero-order chi connectivity index (χ0) is 71.1. The van der Waals surface area contributed by atoms with Gasteiger partial charge in [-0.1, -0.05) is 429 Å². The zero-order valence-electron chi connectivity index (χ0n) is 66.5. The number of rotatable bonds is 83. The van der Waals surface area contributed by atoms with Crippen LogP contribution >= 0.6 is 0 Å². The van der Waals surface area contributed by atoms with Gasteiger partial charge in [-0.15, -0.1) is 0 Å². The summed E-state index contributed by atoms with van der Waals surface area (Å²) in [4.78, 5) is 37.8. The SMILES string of the molecule is CCCCCCC/C=C\C/C=C\C/C=C\CCCCCCCCCCCCCCCCCCCCC(=O)OC(COC(=O)CCCCCCCCCCCCCCCCCCCCCCCCCCCCCCCCCCCCCCCCCC)COC(OCC[N+](C)(C)C)C(=O)O. The Morgan fingerprint density at radius 2 is 0.551 bits per heavy atom. The fourth-order valence-electron chi connectivity index (χ4n) is 13.5. The Morgan fingerprint density at radius 1 is 0.306 bits per heavy atom. The first-order valence-corrected chi connectivity index (χ1v) is 43.7. The van der Waals surface area contributed by atoms with Gasteiger partial charge in [-0.25, -0.2) is 4.79 Å². The number of nitrogens with zero attached hydrogens (tertiary/aromatic N) is 1. The van der Waals surface area contributed by atoms with E-state index in [1.807, 2.05) is 21.1 Å². The third-order valence-corrected chi connectivity index (χ3v) is 20.1. The summed E-state index contributed by atoms with van der Waals surface area (Å²) in [6.07, 6.45) is 102. The second kappa shape index (κ2) is 80.2. The Labute approximate surface area is 610 Å². The summed E-state index contributed by atoms with van der Waals surface area (Å²) in [6.45, 7) is 4.95. The van der Waals surface area contributed by atoms with Crippen molar-refractivity contribution in [1.82, 2.24) is 0 Å². The van der Waals surface area contributed by atoms with Crippen LogP contribution in [-0.4, -0.2) is 87.4 Å². The van der Waals surface area contributed by atoms with Crippen LogP contribution in [0.2, 0.25) is 0 Å². The van der Waals surface area contributed by atoms with E-state index in [4.69, 9.17) is 18.9 Å². The summed E-state index contributed by atoms with van der Waals surface area (Å²) in [5, 5.41) is 9.79. The highest BCUT2D eigenvalue weighted by Crippen LogP contribution is 2.21. The highest BCUT2D eigenvalue weighted by molar-refractivity contribution is 5.71. The van der Waals surface area contributed by atoms with E-state index in [1.165, 1.54) is 379 Å². The van der Waals surface area contributed by atoms with E-state index in [2.05, 4.69) is 50.3 Å². The lowest BCUT2D eigenvalue weighted by Crippen LogP contribution is -2.40. The normalized spacial score (nSPS) is 12.7. The standard InChI is InChI=1S/C89H169NO8/c1-6-8-10-12-14-16-18-20-22-24-26-28-30-32-34-36-38-40-41-42-43-44-45-46-48-49-51-53-55-57-59-61-63-65-67-69-71-73-75-77-79-86(91)96-83-85(84-97-89(88(93)94)95-82-81-90(3,4)5)98-87(92)80-78-76-74-72-70-68-66-64-62-60-58-56-54-52-50-47-39-37-35-33-31-29-27-25-23-21-19-17-15-13-11-9-7-2/h19,21,25,27,31,33,85,89H,6-18,20,22-24,26,28-30,32,34-84H2,1-5H3/p+1/b21-19-,27-25-,33-31-. The van der Waals surface area contributed by atoms with Crippen LogP contribution in [0.5, 0.6) is 0 Å². The molecular weight excluding hydrogens is 1210 g/mol. The lowest BCUT2D eigenvalue weighted by atomic mass is 10.0. The molecule has 0 heterocycles.